The van der Waals surface area contributed by atoms with Crippen LogP contribution in [0.4, 0.5) is 0 Å². The van der Waals surface area contributed by atoms with Crippen LogP contribution in [0.2, 0.25) is 0 Å². The number of nitrogens with zero attached hydrogens (tertiary/aromatic N) is 1. The first-order valence-electron chi connectivity index (χ1n) is 6.38. The smallest absolute Gasteiger partial charge is 0.255 e. The van der Waals surface area contributed by atoms with Crippen LogP contribution in [0, 0.1) is 19.8 Å². The summed E-state index contributed by atoms with van der Waals surface area (Å²) in [5.74, 6) is 0.487. The molecule has 0 aromatic carbocycles. The lowest BCUT2D eigenvalue weighted by molar-refractivity contribution is 0.497. The molecule has 1 rings (SSSR count). The summed E-state index contributed by atoms with van der Waals surface area (Å²) in [6.07, 6.45) is 0. The highest BCUT2D eigenvalue weighted by atomic mass is 16.1. The maximum Gasteiger partial charge on any atom is 0.255 e. The van der Waals surface area contributed by atoms with Gasteiger partial charge in [-0.2, -0.15) is 0 Å². The van der Waals surface area contributed by atoms with Gasteiger partial charge < -0.3 is 9.88 Å². The van der Waals surface area contributed by atoms with Crippen LogP contribution in [0.5, 0.6) is 0 Å². The fourth-order valence-corrected chi connectivity index (χ4v) is 2.03. The van der Waals surface area contributed by atoms with E-state index in [0.717, 1.165) is 29.9 Å². The van der Waals surface area contributed by atoms with Gasteiger partial charge in [0.2, 0.25) is 0 Å². The zero-order valence-electron chi connectivity index (χ0n) is 11.6. The first-order chi connectivity index (χ1) is 7.97. The Morgan fingerprint density at radius 1 is 1.35 bits per heavy atom. The van der Waals surface area contributed by atoms with Gasteiger partial charge in [0.05, 0.1) is 0 Å². The molecule has 0 bridgehead atoms. The summed E-state index contributed by atoms with van der Waals surface area (Å²) >= 11 is 0. The quantitative estimate of drug-likeness (QED) is 0.850. The lowest BCUT2D eigenvalue weighted by atomic mass is 10.1. The molecule has 0 aliphatic rings. The molecule has 1 heterocycles. The van der Waals surface area contributed by atoms with Gasteiger partial charge in [-0.15, -0.1) is 0 Å². The van der Waals surface area contributed by atoms with Crippen LogP contribution >= 0.6 is 0 Å². The van der Waals surface area contributed by atoms with Crippen LogP contribution in [-0.2, 0) is 13.1 Å². The molecule has 96 valence electrons. The summed E-state index contributed by atoms with van der Waals surface area (Å²) in [4.78, 5) is 12.4. The van der Waals surface area contributed by atoms with E-state index in [9.17, 15) is 4.79 Å². The third-order valence-electron chi connectivity index (χ3n) is 2.93. The minimum absolute atomic E-state index is 0.164. The van der Waals surface area contributed by atoms with Crippen molar-refractivity contribution in [3.8, 4) is 0 Å². The number of pyridine rings is 1. The van der Waals surface area contributed by atoms with E-state index in [1.165, 1.54) is 0 Å². The standard InChI is InChI=1S/C14H24N2O/c1-6-15-8-13-11(4)7-12(5)16(14(13)17)9-10(2)3/h7,10,15H,6,8-9H2,1-5H3. The molecule has 1 aromatic heterocycles. The van der Waals surface area contributed by atoms with Gasteiger partial charge in [0.1, 0.15) is 0 Å². The third kappa shape index (κ3) is 3.43. The molecule has 0 atom stereocenters. The summed E-state index contributed by atoms with van der Waals surface area (Å²) in [6.45, 7) is 12.7. The monoisotopic (exact) mass is 236 g/mol. The van der Waals surface area contributed by atoms with Crippen LogP contribution in [0.1, 0.15) is 37.6 Å². The van der Waals surface area contributed by atoms with E-state index in [4.69, 9.17) is 0 Å². The Kier molecular flexibility index (Phi) is 4.94. The molecular formula is C14H24N2O. The molecule has 0 saturated carbocycles. The predicted molar refractivity (Wildman–Crippen MR) is 72.4 cm³/mol. The highest BCUT2D eigenvalue weighted by molar-refractivity contribution is 5.26. The Morgan fingerprint density at radius 2 is 2.00 bits per heavy atom. The van der Waals surface area contributed by atoms with E-state index >= 15 is 0 Å². The highest BCUT2D eigenvalue weighted by Gasteiger charge is 2.10. The summed E-state index contributed by atoms with van der Waals surface area (Å²) in [6, 6.07) is 2.11. The maximum atomic E-state index is 12.4. The number of hydrogen-bond donors (Lipinski definition) is 1. The van der Waals surface area contributed by atoms with Crippen LogP contribution in [0.3, 0.4) is 0 Å². The summed E-state index contributed by atoms with van der Waals surface area (Å²) in [5.41, 5.74) is 3.21. The van der Waals surface area contributed by atoms with Crippen molar-refractivity contribution in [3.05, 3.63) is 33.2 Å². The van der Waals surface area contributed by atoms with E-state index in [2.05, 4.69) is 32.2 Å². The van der Waals surface area contributed by atoms with E-state index in [1.807, 2.05) is 18.4 Å². The van der Waals surface area contributed by atoms with Crippen molar-refractivity contribution in [1.82, 2.24) is 9.88 Å². The molecule has 0 aliphatic carbocycles. The van der Waals surface area contributed by atoms with Crippen molar-refractivity contribution in [2.45, 2.75) is 47.7 Å². The van der Waals surface area contributed by atoms with Crippen LogP contribution < -0.4 is 10.9 Å². The lowest BCUT2D eigenvalue weighted by Gasteiger charge is -2.16. The van der Waals surface area contributed by atoms with Crippen molar-refractivity contribution in [2.24, 2.45) is 5.92 Å². The first kappa shape index (κ1) is 14.0. The largest absolute Gasteiger partial charge is 0.313 e. The molecule has 0 saturated heterocycles. The van der Waals surface area contributed by atoms with Gasteiger partial charge in [0.25, 0.3) is 5.56 Å². The maximum absolute atomic E-state index is 12.4. The zero-order valence-corrected chi connectivity index (χ0v) is 11.6. The molecule has 17 heavy (non-hydrogen) atoms. The number of aryl methyl sites for hydroxylation is 2. The molecule has 3 nitrogen and oxygen atoms in total. The normalized spacial score (nSPS) is 11.2. The van der Waals surface area contributed by atoms with Crippen LogP contribution in [-0.4, -0.2) is 11.1 Å². The Bertz CT molecular complexity index is 433. The topological polar surface area (TPSA) is 34.0 Å². The number of aromatic nitrogens is 1. The van der Waals surface area contributed by atoms with Crippen molar-refractivity contribution >= 4 is 0 Å². The Hall–Kier alpha value is -1.09. The Morgan fingerprint density at radius 3 is 2.53 bits per heavy atom. The van der Waals surface area contributed by atoms with Gasteiger partial charge in [0.15, 0.2) is 0 Å². The average Bonchev–Trinajstić information content (AvgIpc) is 2.23. The summed E-state index contributed by atoms with van der Waals surface area (Å²) < 4.78 is 1.89. The fourth-order valence-electron chi connectivity index (χ4n) is 2.03. The SMILES string of the molecule is CCNCc1c(C)cc(C)n(CC(C)C)c1=O. The summed E-state index contributed by atoms with van der Waals surface area (Å²) in [5, 5.41) is 3.23. The Balaban J connectivity index is 3.18. The first-order valence-corrected chi connectivity index (χ1v) is 6.38. The molecule has 0 spiro atoms. The molecule has 0 unspecified atom stereocenters. The second kappa shape index (κ2) is 6.01. The predicted octanol–water partition coefficient (Wildman–Crippen LogP) is 2.23. The van der Waals surface area contributed by atoms with Crippen molar-refractivity contribution in [2.75, 3.05) is 6.54 Å². The van der Waals surface area contributed by atoms with Gasteiger partial charge in [-0.1, -0.05) is 20.8 Å². The van der Waals surface area contributed by atoms with Crippen molar-refractivity contribution in [3.63, 3.8) is 0 Å². The minimum atomic E-state index is 0.164. The number of nitrogens with one attached hydrogen (secondary N) is 1. The lowest BCUT2D eigenvalue weighted by Crippen LogP contribution is -2.31. The molecule has 3 heteroatoms. The Labute approximate surface area is 104 Å². The van der Waals surface area contributed by atoms with Gasteiger partial charge >= 0.3 is 0 Å². The van der Waals surface area contributed by atoms with Crippen molar-refractivity contribution in [1.29, 1.82) is 0 Å². The molecule has 0 radical (unpaired) electrons. The average molecular weight is 236 g/mol. The molecule has 0 aliphatic heterocycles. The molecule has 0 fully saturated rings. The number of hydrogen-bond acceptors (Lipinski definition) is 2. The highest BCUT2D eigenvalue weighted by Crippen LogP contribution is 2.08. The molecule has 0 amide bonds. The molecule has 1 N–H and O–H groups in total. The van der Waals surface area contributed by atoms with Crippen LogP contribution in [0.15, 0.2) is 10.9 Å². The molecular weight excluding hydrogens is 212 g/mol. The van der Waals surface area contributed by atoms with Gasteiger partial charge in [-0.3, -0.25) is 4.79 Å². The second-order valence-corrected chi connectivity index (χ2v) is 5.04. The van der Waals surface area contributed by atoms with Crippen LogP contribution in [0.25, 0.3) is 0 Å². The summed E-state index contributed by atoms with van der Waals surface area (Å²) in [7, 11) is 0. The third-order valence-corrected chi connectivity index (χ3v) is 2.93. The van der Waals surface area contributed by atoms with E-state index in [0.29, 0.717) is 12.5 Å². The van der Waals surface area contributed by atoms with Gasteiger partial charge in [-0.05, 0) is 37.9 Å². The minimum Gasteiger partial charge on any atom is -0.313 e. The van der Waals surface area contributed by atoms with E-state index in [-0.39, 0.29) is 5.56 Å². The molecule has 1 aromatic rings. The zero-order chi connectivity index (χ0) is 13.0. The number of rotatable bonds is 5. The van der Waals surface area contributed by atoms with Gasteiger partial charge in [0, 0.05) is 24.3 Å². The van der Waals surface area contributed by atoms with E-state index in [1.54, 1.807) is 0 Å². The van der Waals surface area contributed by atoms with Gasteiger partial charge in [-0.25, -0.2) is 0 Å². The van der Waals surface area contributed by atoms with E-state index < -0.39 is 0 Å². The fraction of sp³-hybridized carbons (Fsp3) is 0.643. The second-order valence-electron chi connectivity index (χ2n) is 5.04. The van der Waals surface area contributed by atoms with Crippen molar-refractivity contribution < 1.29 is 0 Å².